The fraction of sp³-hybridized carbons (Fsp3) is 0.333. The molecule has 102 valence electrons. The van der Waals surface area contributed by atoms with Gasteiger partial charge in [0.1, 0.15) is 12.4 Å². The molecule has 1 aromatic rings. The molecule has 0 unspecified atom stereocenters. The normalized spacial score (nSPS) is 19.9. The highest BCUT2D eigenvalue weighted by Gasteiger charge is 2.60. The smallest absolute Gasteiger partial charge is 0.259 e. The number of rotatable bonds is 3. The summed E-state index contributed by atoms with van der Waals surface area (Å²) < 4.78 is 35.4. The zero-order chi connectivity index (χ0) is 14.4. The zero-order valence-electron chi connectivity index (χ0n) is 10.4. The molecule has 0 radical (unpaired) electrons. The number of amides is 1. The van der Waals surface area contributed by atoms with Crippen LogP contribution in [-0.2, 0) is 14.8 Å². The highest BCUT2D eigenvalue weighted by Crippen LogP contribution is 2.34. The Morgan fingerprint density at radius 3 is 2.26 bits per heavy atom. The first-order chi connectivity index (χ1) is 8.68. The minimum Gasteiger partial charge on any atom is -0.292 e. The quantitative estimate of drug-likeness (QED) is 0.775. The van der Waals surface area contributed by atoms with E-state index in [2.05, 4.69) is 0 Å². The van der Waals surface area contributed by atoms with Gasteiger partial charge in [0.15, 0.2) is 10.5 Å². The fourth-order valence-electron chi connectivity index (χ4n) is 1.77. The molecule has 1 fully saturated rings. The van der Waals surface area contributed by atoms with E-state index in [1.807, 2.05) is 0 Å². The van der Waals surface area contributed by atoms with E-state index in [1.54, 1.807) is 0 Å². The van der Waals surface area contributed by atoms with Crippen molar-refractivity contribution < 1.29 is 22.4 Å². The first-order valence-electron chi connectivity index (χ1n) is 5.53. The second-order valence-corrected chi connectivity index (χ2v) is 7.17. The Hall–Kier alpha value is -1.76. The Morgan fingerprint density at radius 1 is 1.26 bits per heavy atom. The van der Waals surface area contributed by atoms with Gasteiger partial charge in [-0.15, -0.1) is 0 Å². The summed E-state index contributed by atoms with van der Waals surface area (Å²) in [6.07, 6.45) is 0. The molecule has 7 heteroatoms. The molecule has 1 aromatic carbocycles. The average molecular weight is 285 g/mol. The van der Waals surface area contributed by atoms with Crippen molar-refractivity contribution in [2.45, 2.75) is 18.6 Å². The summed E-state index contributed by atoms with van der Waals surface area (Å²) in [6, 6.07) is 4.70. The molecule has 5 nitrogen and oxygen atoms in total. The molecule has 0 N–H and O–H groups in total. The van der Waals surface area contributed by atoms with Gasteiger partial charge >= 0.3 is 0 Å². The molecule has 19 heavy (non-hydrogen) atoms. The van der Waals surface area contributed by atoms with E-state index >= 15 is 0 Å². The molecule has 0 aliphatic carbocycles. The summed E-state index contributed by atoms with van der Waals surface area (Å²) in [7, 11) is -3.77. The van der Waals surface area contributed by atoms with Gasteiger partial charge in [-0.05, 0) is 38.1 Å². The van der Waals surface area contributed by atoms with Crippen LogP contribution >= 0.6 is 0 Å². The number of carbonyl (C=O) groups is 2. The minimum absolute atomic E-state index is 0.161. The molecule has 2 rings (SSSR count). The van der Waals surface area contributed by atoms with Crippen molar-refractivity contribution in [2.75, 3.05) is 6.54 Å². The summed E-state index contributed by atoms with van der Waals surface area (Å²) in [5.41, 5.74) is 0.161. The Morgan fingerprint density at radius 2 is 1.79 bits per heavy atom. The van der Waals surface area contributed by atoms with Crippen LogP contribution in [0.4, 0.5) is 4.39 Å². The maximum Gasteiger partial charge on any atom is 0.259 e. The van der Waals surface area contributed by atoms with Crippen molar-refractivity contribution in [1.29, 1.82) is 0 Å². The van der Waals surface area contributed by atoms with Gasteiger partial charge in [-0.2, -0.15) is 0 Å². The van der Waals surface area contributed by atoms with Crippen LogP contribution in [-0.4, -0.2) is 35.7 Å². The maximum absolute atomic E-state index is 12.7. The number of nitrogens with zero attached hydrogens (tertiary/aromatic N) is 1. The second-order valence-electron chi connectivity index (χ2n) is 4.76. The van der Waals surface area contributed by atoms with Crippen LogP contribution in [0.15, 0.2) is 24.3 Å². The molecule has 1 saturated heterocycles. The van der Waals surface area contributed by atoms with Gasteiger partial charge in [-0.1, -0.05) is 0 Å². The Kier molecular flexibility index (Phi) is 2.97. The monoisotopic (exact) mass is 285 g/mol. The van der Waals surface area contributed by atoms with Crippen molar-refractivity contribution in [3.8, 4) is 0 Å². The second kappa shape index (κ2) is 4.12. The number of sulfonamides is 1. The molecular weight excluding hydrogens is 273 g/mol. The third-order valence-electron chi connectivity index (χ3n) is 3.13. The zero-order valence-corrected chi connectivity index (χ0v) is 11.2. The largest absolute Gasteiger partial charge is 0.292 e. The lowest BCUT2D eigenvalue weighted by Gasteiger charge is -2.42. The lowest BCUT2D eigenvalue weighted by atomic mass is 10.1. The molecule has 0 atom stereocenters. The molecule has 1 aliphatic heterocycles. The van der Waals surface area contributed by atoms with Crippen molar-refractivity contribution in [1.82, 2.24) is 4.31 Å². The van der Waals surface area contributed by atoms with Gasteiger partial charge in [0.25, 0.3) is 15.9 Å². The Balaban J connectivity index is 2.18. The van der Waals surface area contributed by atoms with Gasteiger partial charge in [-0.3, -0.25) is 9.59 Å². The lowest BCUT2D eigenvalue weighted by molar-refractivity contribution is -0.131. The van der Waals surface area contributed by atoms with Crippen molar-refractivity contribution in [3.05, 3.63) is 35.6 Å². The van der Waals surface area contributed by atoms with Crippen LogP contribution < -0.4 is 0 Å². The lowest BCUT2D eigenvalue weighted by Crippen LogP contribution is -2.68. The third kappa shape index (κ3) is 1.94. The first-order valence-corrected chi connectivity index (χ1v) is 6.97. The number of hydrogen-bond acceptors (Lipinski definition) is 4. The van der Waals surface area contributed by atoms with E-state index in [-0.39, 0.29) is 5.56 Å². The number of halogens is 1. The van der Waals surface area contributed by atoms with Crippen LogP contribution in [0, 0.1) is 5.82 Å². The van der Waals surface area contributed by atoms with E-state index in [0.717, 1.165) is 12.1 Å². The van der Waals surface area contributed by atoms with E-state index in [4.69, 9.17) is 0 Å². The maximum atomic E-state index is 12.7. The summed E-state index contributed by atoms with van der Waals surface area (Å²) in [5, 5.41) is 0. The number of Topliss-reactive ketones (excluding diaryl/α,β-unsaturated/α-hetero) is 1. The van der Waals surface area contributed by atoms with Gasteiger partial charge in [0.2, 0.25) is 0 Å². The molecule has 1 amide bonds. The number of benzene rings is 1. The van der Waals surface area contributed by atoms with E-state index in [0.29, 0.717) is 4.31 Å². The molecular formula is C12H12FNO4S. The van der Waals surface area contributed by atoms with Gasteiger partial charge in [0, 0.05) is 5.56 Å². The van der Waals surface area contributed by atoms with E-state index in [1.165, 1.54) is 26.0 Å². The van der Waals surface area contributed by atoms with Gasteiger partial charge in [-0.25, -0.2) is 17.1 Å². The highest BCUT2D eigenvalue weighted by atomic mass is 32.2. The van der Waals surface area contributed by atoms with Gasteiger partial charge in [0.05, 0.1) is 0 Å². The van der Waals surface area contributed by atoms with Crippen molar-refractivity contribution in [3.63, 3.8) is 0 Å². The van der Waals surface area contributed by atoms with Crippen LogP contribution in [0.25, 0.3) is 0 Å². The van der Waals surface area contributed by atoms with Crippen LogP contribution in [0.2, 0.25) is 0 Å². The third-order valence-corrected chi connectivity index (χ3v) is 5.47. The minimum atomic E-state index is -3.77. The van der Waals surface area contributed by atoms with Crippen molar-refractivity contribution in [2.24, 2.45) is 0 Å². The molecule has 0 bridgehead atoms. The van der Waals surface area contributed by atoms with Crippen molar-refractivity contribution >= 4 is 21.7 Å². The standard InChI is InChI=1S/C12H12FNO4S/c1-12(2)11(16)14(19(12,17)18)7-10(15)8-3-5-9(13)6-4-8/h3-6H,7H2,1-2H3. The van der Waals surface area contributed by atoms with Gasteiger partial charge < -0.3 is 0 Å². The number of ketones is 1. The fourth-order valence-corrected chi connectivity index (χ4v) is 3.25. The van der Waals surface area contributed by atoms with E-state index < -0.39 is 38.8 Å². The summed E-state index contributed by atoms with van der Waals surface area (Å²) in [5.74, 6) is -1.65. The Labute approximate surface area is 110 Å². The predicted molar refractivity (Wildman–Crippen MR) is 65.4 cm³/mol. The molecule has 1 aliphatic rings. The van der Waals surface area contributed by atoms with Crippen LogP contribution in [0.3, 0.4) is 0 Å². The topological polar surface area (TPSA) is 71.5 Å². The van der Waals surface area contributed by atoms with Crippen LogP contribution in [0.1, 0.15) is 24.2 Å². The SMILES string of the molecule is CC1(C)C(=O)N(CC(=O)c2ccc(F)cc2)S1(=O)=O. The average Bonchev–Trinajstić information content (AvgIpc) is 2.35. The first kappa shape index (κ1) is 13.7. The molecule has 0 spiro atoms. The molecule has 0 saturated carbocycles. The Bertz CT molecular complexity index is 649. The summed E-state index contributed by atoms with van der Waals surface area (Å²) in [4.78, 5) is 23.5. The number of hydrogen-bond donors (Lipinski definition) is 0. The summed E-state index contributed by atoms with van der Waals surface area (Å²) >= 11 is 0. The highest BCUT2D eigenvalue weighted by molar-refractivity contribution is 7.94. The molecule has 1 heterocycles. The van der Waals surface area contributed by atoms with E-state index in [9.17, 15) is 22.4 Å². The number of carbonyl (C=O) groups excluding carboxylic acids is 2. The van der Waals surface area contributed by atoms with Crippen LogP contribution in [0.5, 0.6) is 0 Å². The summed E-state index contributed by atoms with van der Waals surface area (Å²) in [6.45, 7) is 2.04. The predicted octanol–water partition coefficient (Wildman–Crippen LogP) is 0.959. The molecule has 0 aromatic heterocycles.